The van der Waals surface area contributed by atoms with Crippen molar-refractivity contribution < 1.29 is 22.6 Å². The van der Waals surface area contributed by atoms with Gasteiger partial charge in [0.2, 0.25) is 27.7 Å². The number of halogens is 1. The third-order valence-corrected chi connectivity index (χ3v) is 7.37. The number of sulfonamides is 1. The highest BCUT2D eigenvalue weighted by Crippen LogP contribution is 2.33. The lowest BCUT2D eigenvalue weighted by Gasteiger charge is -2.21. The third-order valence-electron chi connectivity index (χ3n) is 5.32. The maximum atomic E-state index is 13.4. The van der Waals surface area contributed by atoms with Gasteiger partial charge in [-0.25, -0.2) is 18.4 Å². The second-order valence-electron chi connectivity index (χ2n) is 7.51. The number of hydrogen-bond donors (Lipinski definition) is 1. The molecule has 0 saturated heterocycles. The Bertz CT molecular complexity index is 1220. The molecule has 2 atom stereocenters. The van der Waals surface area contributed by atoms with E-state index in [1.165, 1.54) is 37.5 Å². The molecule has 3 aromatic heterocycles. The molecule has 15 heteroatoms. The van der Waals surface area contributed by atoms with Gasteiger partial charge < -0.3 is 14.2 Å². The van der Waals surface area contributed by atoms with Gasteiger partial charge in [0, 0.05) is 38.4 Å². The lowest BCUT2D eigenvalue weighted by Crippen LogP contribution is -2.31. The molecule has 3 rings (SSSR count). The van der Waals surface area contributed by atoms with E-state index in [1.54, 1.807) is 21.0 Å². The highest BCUT2D eigenvalue weighted by Gasteiger charge is 2.32. The molecule has 0 amide bonds. The summed E-state index contributed by atoms with van der Waals surface area (Å²) < 4.78 is 46.6. The highest BCUT2D eigenvalue weighted by molar-refractivity contribution is 7.93. The summed E-state index contributed by atoms with van der Waals surface area (Å²) in [4.78, 5) is 16.5. The average molecular weight is 527 g/mol. The fraction of sp³-hybridized carbons (Fsp3) is 0.500. The summed E-state index contributed by atoms with van der Waals surface area (Å²) >= 11 is 5.85. The minimum absolute atomic E-state index is 0.0695. The number of nitrogens with zero attached hydrogens (tertiary/aromatic N) is 7. The van der Waals surface area contributed by atoms with Gasteiger partial charge in [-0.15, -0.1) is 10.2 Å². The summed E-state index contributed by atoms with van der Waals surface area (Å²) in [6.45, 7) is 3.74. The molecular weight excluding hydrogens is 500 g/mol. The van der Waals surface area contributed by atoms with Crippen LogP contribution in [0.3, 0.4) is 0 Å². The molecule has 0 spiro atoms. The van der Waals surface area contributed by atoms with E-state index in [4.69, 9.17) is 25.8 Å². The maximum Gasteiger partial charge on any atom is 0.245 e. The van der Waals surface area contributed by atoms with Crippen molar-refractivity contribution in [1.82, 2.24) is 34.7 Å². The molecule has 3 heterocycles. The first-order chi connectivity index (χ1) is 16.7. The predicted molar refractivity (Wildman–Crippen MR) is 128 cm³/mol. The summed E-state index contributed by atoms with van der Waals surface area (Å²) in [7, 11) is 0.467. The van der Waals surface area contributed by atoms with Gasteiger partial charge in [-0.05, 0) is 13.3 Å². The molecule has 0 aromatic carbocycles. The minimum atomic E-state index is -3.99. The Morgan fingerprint density at radius 3 is 2.23 bits per heavy atom. The van der Waals surface area contributed by atoms with E-state index in [9.17, 15) is 8.42 Å². The van der Waals surface area contributed by atoms with Crippen molar-refractivity contribution in [2.75, 3.05) is 32.7 Å². The zero-order valence-electron chi connectivity index (χ0n) is 20.0. The van der Waals surface area contributed by atoms with Crippen molar-refractivity contribution in [2.24, 2.45) is 0 Å². The van der Waals surface area contributed by atoms with E-state index in [-0.39, 0.29) is 23.4 Å². The van der Waals surface area contributed by atoms with E-state index in [1.807, 2.05) is 0 Å². The fourth-order valence-corrected chi connectivity index (χ4v) is 4.58. The second kappa shape index (κ2) is 11.6. The molecule has 3 aromatic rings. The van der Waals surface area contributed by atoms with Gasteiger partial charge in [0.15, 0.2) is 5.69 Å². The van der Waals surface area contributed by atoms with Crippen molar-refractivity contribution in [3.8, 4) is 17.4 Å². The molecule has 0 aliphatic rings. The number of rotatable bonds is 12. The molecular formula is C20H27ClN8O5S. The zero-order chi connectivity index (χ0) is 25.6. The van der Waals surface area contributed by atoms with Crippen LogP contribution >= 0.6 is 11.6 Å². The summed E-state index contributed by atoms with van der Waals surface area (Å²) in [6.07, 6.45) is 5.15. The number of aryl methyl sites for hydroxylation is 1. The van der Waals surface area contributed by atoms with Crippen LogP contribution in [0.25, 0.3) is 5.69 Å². The van der Waals surface area contributed by atoms with E-state index in [0.717, 1.165) is 0 Å². The molecule has 190 valence electrons. The smallest absolute Gasteiger partial charge is 0.245 e. The predicted octanol–water partition coefficient (Wildman–Crippen LogP) is 2.03. The highest BCUT2D eigenvalue weighted by atomic mass is 35.5. The standard InChI is InChI=1S/C20H27ClN8O5S/c1-12(17-22-9-14(21)10-23-17)13(2)35(30,31)28-20-27-26-15(7-6-8-32-3)29(20)16-18(33-4)24-11-25-19(16)34-5/h9-13H,6-8H2,1-5H3,(H,27,28)/t12?,13-/m0/s1. The Balaban J connectivity index is 2.03. The van der Waals surface area contributed by atoms with Gasteiger partial charge in [-0.1, -0.05) is 18.5 Å². The SMILES string of the molecule is COCCCc1nnc(NS(=O)(=O)[C@@H](C)C(C)c2ncc(Cl)cn2)n1-c1c(OC)ncnc1OC. The van der Waals surface area contributed by atoms with E-state index >= 15 is 0 Å². The van der Waals surface area contributed by atoms with Crippen molar-refractivity contribution in [2.45, 2.75) is 37.9 Å². The van der Waals surface area contributed by atoms with Crippen molar-refractivity contribution in [1.29, 1.82) is 0 Å². The molecule has 1 N–H and O–H groups in total. The first kappa shape index (κ1) is 26.5. The summed E-state index contributed by atoms with van der Waals surface area (Å²) in [5.74, 6) is 0.468. The molecule has 0 radical (unpaired) electrons. The first-order valence-corrected chi connectivity index (χ1v) is 12.5. The Morgan fingerprint density at radius 2 is 1.66 bits per heavy atom. The number of ether oxygens (including phenoxy) is 3. The van der Waals surface area contributed by atoms with Crippen LogP contribution in [-0.2, 0) is 21.2 Å². The number of nitrogens with one attached hydrogen (secondary N) is 1. The van der Waals surface area contributed by atoms with Crippen LogP contribution in [0.15, 0.2) is 18.7 Å². The number of aromatic nitrogens is 7. The summed E-state index contributed by atoms with van der Waals surface area (Å²) in [6, 6.07) is 0. The van der Waals surface area contributed by atoms with Gasteiger partial charge in [-0.2, -0.15) is 9.97 Å². The molecule has 0 fully saturated rings. The fourth-order valence-electron chi connectivity index (χ4n) is 3.25. The molecule has 1 unspecified atom stereocenters. The summed E-state index contributed by atoms with van der Waals surface area (Å²) in [5, 5.41) is 7.72. The van der Waals surface area contributed by atoms with E-state index < -0.39 is 21.2 Å². The van der Waals surface area contributed by atoms with Gasteiger partial charge in [0.05, 0.1) is 24.5 Å². The normalized spacial score (nSPS) is 13.3. The van der Waals surface area contributed by atoms with Crippen molar-refractivity contribution in [3.63, 3.8) is 0 Å². The number of hydrogen-bond acceptors (Lipinski definition) is 11. The second-order valence-corrected chi connectivity index (χ2v) is 9.99. The van der Waals surface area contributed by atoms with Gasteiger partial charge in [0.1, 0.15) is 18.0 Å². The van der Waals surface area contributed by atoms with Gasteiger partial charge in [0.25, 0.3) is 0 Å². The van der Waals surface area contributed by atoms with Crippen LogP contribution in [0.4, 0.5) is 5.95 Å². The lowest BCUT2D eigenvalue weighted by molar-refractivity contribution is 0.194. The zero-order valence-corrected chi connectivity index (χ0v) is 21.5. The van der Waals surface area contributed by atoms with Gasteiger partial charge in [-0.3, -0.25) is 9.29 Å². The Hall–Kier alpha value is -3.10. The van der Waals surface area contributed by atoms with Crippen LogP contribution in [0, 0.1) is 0 Å². The number of methoxy groups -OCH3 is 3. The topological polar surface area (TPSA) is 156 Å². The lowest BCUT2D eigenvalue weighted by atomic mass is 10.1. The number of anilines is 1. The van der Waals surface area contributed by atoms with Gasteiger partial charge >= 0.3 is 0 Å². The molecule has 35 heavy (non-hydrogen) atoms. The molecule has 0 aliphatic heterocycles. The van der Waals surface area contributed by atoms with Crippen LogP contribution < -0.4 is 14.2 Å². The molecule has 13 nitrogen and oxygen atoms in total. The molecule has 0 saturated carbocycles. The Morgan fingerprint density at radius 1 is 1.03 bits per heavy atom. The molecule has 0 bridgehead atoms. The monoisotopic (exact) mass is 526 g/mol. The Labute approximate surface area is 208 Å². The summed E-state index contributed by atoms with van der Waals surface area (Å²) in [5.41, 5.74) is 0.259. The van der Waals surface area contributed by atoms with Crippen molar-refractivity contribution in [3.05, 3.63) is 35.4 Å². The van der Waals surface area contributed by atoms with Crippen LogP contribution in [0.1, 0.15) is 37.8 Å². The van der Waals surface area contributed by atoms with Crippen molar-refractivity contribution >= 4 is 27.6 Å². The first-order valence-electron chi connectivity index (χ1n) is 10.6. The van der Waals surface area contributed by atoms with Crippen LogP contribution in [0.2, 0.25) is 5.02 Å². The van der Waals surface area contributed by atoms with Crippen LogP contribution in [0.5, 0.6) is 11.8 Å². The maximum absolute atomic E-state index is 13.4. The Kier molecular flexibility index (Phi) is 8.75. The van der Waals surface area contributed by atoms with Crippen LogP contribution in [-0.4, -0.2) is 76.3 Å². The third kappa shape index (κ3) is 5.94. The largest absolute Gasteiger partial charge is 0.479 e. The average Bonchev–Trinajstić information content (AvgIpc) is 3.24. The van der Waals surface area contributed by atoms with E-state index in [0.29, 0.717) is 36.1 Å². The quantitative estimate of drug-likeness (QED) is 0.344. The minimum Gasteiger partial charge on any atom is -0.479 e. The molecule has 0 aliphatic carbocycles. The van der Waals surface area contributed by atoms with E-state index in [2.05, 4.69) is 34.9 Å².